The number of nitriles is 2. The van der Waals surface area contributed by atoms with Gasteiger partial charge in [-0.1, -0.05) is 145 Å². The lowest BCUT2D eigenvalue weighted by atomic mass is 9.86. The van der Waals surface area contributed by atoms with E-state index in [1.165, 1.54) is 16.5 Å². The topological polar surface area (TPSA) is 96.1 Å². The average Bonchev–Trinajstić information content (AvgIpc) is 3.88. The smallest absolute Gasteiger partial charge is 0.165 e. The Morgan fingerprint density at radius 3 is 1.40 bits per heavy atom. The second-order valence-corrected chi connectivity index (χ2v) is 19.6. The van der Waals surface area contributed by atoms with Crippen molar-refractivity contribution in [1.82, 2.24) is 24.1 Å². The number of para-hydroxylation sites is 2. The predicted molar refractivity (Wildman–Crippen MR) is 277 cm³/mol. The summed E-state index contributed by atoms with van der Waals surface area (Å²) in [6, 6.07) is 65.1. The van der Waals surface area contributed by atoms with Crippen LogP contribution >= 0.6 is 0 Å². The molecule has 0 radical (unpaired) electrons. The molecule has 11 rings (SSSR count). The highest BCUT2D eigenvalue weighted by Gasteiger charge is 2.24. The highest BCUT2D eigenvalue weighted by molar-refractivity contribution is 6.11. The Bertz CT molecular complexity index is 3900. The maximum atomic E-state index is 10.8. The molecule has 3 aromatic heterocycles. The summed E-state index contributed by atoms with van der Waals surface area (Å²) in [6.07, 6.45) is 0. The standard InChI is InChI=1S/C61H47N7/c1-60(2,3)41-25-30-55-50(32-41)47-20-12-14-22-53(47)67(55)43-27-24-40(37-63)49(34-43)58-64-57(38-16-8-7-9-17-38)65-59(66-58)52-35-44(28-29-46(52)45-19-11-10-18-39(45)36-62)68-54-23-15-13-21-48(54)51-33-42(61(4,5)6)26-31-56(51)68/h7-35H,1-6H3. The van der Waals surface area contributed by atoms with Gasteiger partial charge in [-0.3, -0.25) is 0 Å². The highest BCUT2D eigenvalue weighted by Crippen LogP contribution is 2.41. The maximum Gasteiger partial charge on any atom is 0.165 e. The molecule has 11 aromatic rings. The van der Waals surface area contributed by atoms with E-state index in [-0.39, 0.29) is 10.8 Å². The summed E-state index contributed by atoms with van der Waals surface area (Å²) >= 11 is 0. The van der Waals surface area contributed by atoms with Crippen molar-refractivity contribution >= 4 is 43.6 Å². The fourth-order valence-corrected chi connectivity index (χ4v) is 9.63. The predicted octanol–water partition coefficient (Wildman–Crippen LogP) is 15.1. The van der Waals surface area contributed by atoms with Crippen molar-refractivity contribution in [3.8, 4) is 68.8 Å². The van der Waals surface area contributed by atoms with Crippen LogP contribution in [0.4, 0.5) is 0 Å². The summed E-state index contributed by atoms with van der Waals surface area (Å²) in [5, 5.41) is 25.9. The third-order valence-electron chi connectivity index (χ3n) is 13.2. The quantitative estimate of drug-likeness (QED) is 0.166. The van der Waals surface area contributed by atoms with Crippen LogP contribution in [0.2, 0.25) is 0 Å². The minimum absolute atomic E-state index is 0.0263. The molecule has 0 aliphatic heterocycles. The molecule has 3 heterocycles. The Balaban J connectivity index is 1.18. The lowest BCUT2D eigenvalue weighted by molar-refractivity contribution is 0.591. The SMILES string of the molecule is CC(C)(C)c1ccc2c(c1)c1ccccc1n2-c1ccc(C#N)c(-c2nc(-c3ccccc3)nc(-c3cc(-n4c5ccccc5c5cc(C(C)(C)C)ccc54)ccc3-c3ccccc3C#N)n2)c1. The molecule has 326 valence electrons. The van der Waals surface area contributed by atoms with Gasteiger partial charge in [-0.25, -0.2) is 15.0 Å². The fourth-order valence-electron chi connectivity index (χ4n) is 9.63. The van der Waals surface area contributed by atoms with Gasteiger partial charge in [0.05, 0.1) is 45.3 Å². The normalized spacial score (nSPS) is 11.9. The summed E-state index contributed by atoms with van der Waals surface area (Å²) in [5.41, 5.74) is 13.1. The molecule has 0 spiro atoms. The van der Waals surface area contributed by atoms with Crippen LogP contribution < -0.4 is 0 Å². The van der Waals surface area contributed by atoms with Gasteiger partial charge in [-0.15, -0.1) is 0 Å². The number of nitrogens with zero attached hydrogens (tertiary/aromatic N) is 7. The maximum absolute atomic E-state index is 10.8. The fraction of sp³-hybridized carbons (Fsp3) is 0.131. The zero-order chi connectivity index (χ0) is 46.9. The minimum atomic E-state index is -0.0300. The van der Waals surface area contributed by atoms with Crippen molar-refractivity contribution in [2.75, 3.05) is 0 Å². The van der Waals surface area contributed by atoms with Crippen molar-refractivity contribution in [1.29, 1.82) is 10.5 Å². The van der Waals surface area contributed by atoms with Crippen LogP contribution in [0, 0.1) is 22.7 Å². The van der Waals surface area contributed by atoms with Gasteiger partial charge in [-0.05, 0) is 100 Å². The van der Waals surface area contributed by atoms with E-state index in [2.05, 4.69) is 166 Å². The first-order chi connectivity index (χ1) is 32.9. The Hall–Kier alpha value is -8.65. The van der Waals surface area contributed by atoms with Gasteiger partial charge < -0.3 is 9.13 Å². The average molecular weight is 878 g/mol. The van der Waals surface area contributed by atoms with E-state index in [1.54, 1.807) is 0 Å². The van der Waals surface area contributed by atoms with Crippen LogP contribution in [0.25, 0.3) is 100 Å². The highest BCUT2D eigenvalue weighted by atomic mass is 15.0. The first-order valence-corrected chi connectivity index (χ1v) is 23.0. The van der Waals surface area contributed by atoms with Crippen molar-refractivity contribution in [3.63, 3.8) is 0 Å². The summed E-state index contributed by atoms with van der Waals surface area (Å²) in [6.45, 7) is 13.4. The number of benzene rings is 8. The van der Waals surface area contributed by atoms with Gasteiger partial charge in [0.15, 0.2) is 17.5 Å². The van der Waals surface area contributed by atoms with E-state index < -0.39 is 0 Å². The van der Waals surface area contributed by atoms with Crippen molar-refractivity contribution in [2.24, 2.45) is 0 Å². The van der Waals surface area contributed by atoms with Gasteiger partial charge in [0.25, 0.3) is 0 Å². The second-order valence-electron chi connectivity index (χ2n) is 19.6. The summed E-state index contributed by atoms with van der Waals surface area (Å²) in [4.78, 5) is 15.8. The molecule has 0 aliphatic carbocycles. The summed E-state index contributed by atoms with van der Waals surface area (Å²) in [7, 11) is 0. The van der Waals surface area contributed by atoms with Crippen molar-refractivity contribution in [3.05, 3.63) is 198 Å². The lowest BCUT2D eigenvalue weighted by Crippen LogP contribution is -2.10. The Kier molecular flexibility index (Phi) is 9.92. The van der Waals surface area contributed by atoms with Gasteiger partial charge in [0, 0.05) is 55.2 Å². The zero-order valence-electron chi connectivity index (χ0n) is 38.9. The van der Waals surface area contributed by atoms with Gasteiger partial charge in [0.1, 0.15) is 0 Å². The van der Waals surface area contributed by atoms with Crippen molar-refractivity contribution < 1.29 is 0 Å². The molecule has 0 amide bonds. The lowest BCUT2D eigenvalue weighted by Gasteiger charge is -2.19. The van der Waals surface area contributed by atoms with Crippen LogP contribution in [-0.4, -0.2) is 24.1 Å². The summed E-state index contributed by atoms with van der Waals surface area (Å²) in [5.74, 6) is 1.23. The third-order valence-corrected chi connectivity index (χ3v) is 13.2. The molecule has 0 unspecified atom stereocenters. The number of rotatable bonds is 6. The molecule has 7 nitrogen and oxygen atoms in total. The molecule has 68 heavy (non-hydrogen) atoms. The molecule has 0 N–H and O–H groups in total. The van der Waals surface area contributed by atoms with E-state index in [4.69, 9.17) is 15.0 Å². The third kappa shape index (κ3) is 7.08. The van der Waals surface area contributed by atoms with E-state index in [1.807, 2.05) is 72.8 Å². The molecule has 0 bridgehead atoms. The zero-order valence-corrected chi connectivity index (χ0v) is 38.9. The Morgan fingerprint density at radius 2 is 0.824 bits per heavy atom. The molecule has 0 saturated carbocycles. The van der Waals surface area contributed by atoms with E-state index in [9.17, 15) is 10.5 Å². The summed E-state index contributed by atoms with van der Waals surface area (Å²) < 4.78 is 4.56. The number of fused-ring (bicyclic) bond motifs is 6. The molecule has 0 atom stereocenters. The Morgan fingerprint density at radius 1 is 0.368 bits per heavy atom. The van der Waals surface area contributed by atoms with E-state index in [0.717, 1.165) is 71.9 Å². The monoisotopic (exact) mass is 877 g/mol. The molecule has 0 fully saturated rings. The molecular weight excluding hydrogens is 831 g/mol. The molecular formula is C61H47N7. The van der Waals surface area contributed by atoms with Gasteiger partial charge in [0.2, 0.25) is 0 Å². The first-order valence-electron chi connectivity index (χ1n) is 23.0. The van der Waals surface area contributed by atoms with Gasteiger partial charge in [-0.2, -0.15) is 10.5 Å². The van der Waals surface area contributed by atoms with Crippen LogP contribution in [0.1, 0.15) is 63.8 Å². The minimum Gasteiger partial charge on any atom is -0.309 e. The number of hydrogen-bond acceptors (Lipinski definition) is 5. The molecule has 0 saturated heterocycles. The molecule has 0 aliphatic rings. The van der Waals surface area contributed by atoms with Crippen molar-refractivity contribution in [2.45, 2.75) is 52.4 Å². The van der Waals surface area contributed by atoms with Crippen LogP contribution in [0.5, 0.6) is 0 Å². The number of hydrogen-bond donors (Lipinski definition) is 0. The molecule has 8 aromatic carbocycles. The molecule has 7 heteroatoms. The van der Waals surface area contributed by atoms with E-state index >= 15 is 0 Å². The van der Waals surface area contributed by atoms with E-state index in [0.29, 0.717) is 34.2 Å². The Labute approximate surface area is 395 Å². The van der Waals surface area contributed by atoms with Crippen LogP contribution in [0.3, 0.4) is 0 Å². The second kappa shape index (κ2) is 16.0. The number of aromatic nitrogens is 5. The van der Waals surface area contributed by atoms with Crippen LogP contribution in [-0.2, 0) is 10.8 Å². The first kappa shape index (κ1) is 42.0. The van der Waals surface area contributed by atoms with Gasteiger partial charge >= 0.3 is 0 Å². The van der Waals surface area contributed by atoms with Crippen LogP contribution in [0.15, 0.2) is 176 Å². The largest absolute Gasteiger partial charge is 0.309 e.